The van der Waals surface area contributed by atoms with E-state index in [0.717, 1.165) is 19.5 Å². The fourth-order valence-electron chi connectivity index (χ4n) is 2.60. The Kier molecular flexibility index (Phi) is 2.19. The van der Waals surface area contributed by atoms with E-state index in [1.165, 1.54) is 12.8 Å². The molecule has 1 aromatic carbocycles. The van der Waals surface area contributed by atoms with Crippen LogP contribution in [-0.4, -0.2) is 23.9 Å². The first-order valence-electron chi connectivity index (χ1n) is 6.02. The van der Waals surface area contributed by atoms with Gasteiger partial charge in [-0.3, -0.25) is 4.79 Å². The Labute approximate surface area is 101 Å². The van der Waals surface area contributed by atoms with Crippen molar-refractivity contribution in [3.8, 4) is 6.07 Å². The Morgan fingerprint density at radius 2 is 2.18 bits per heavy atom. The first-order valence-corrected chi connectivity index (χ1v) is 6.02. The Hall–Kier alpha value is -1.82. The minimum absolute atomic E-state index is 0.0749. The number of hydrogen-bond acceptors (Lipinski definition) is 2. The number of nitriles is 1. The number of rotatable bonds is 1. The van der Waals surface area contributed by atoms with Crippen molar-refractivity contribution in [1.82, 2.24) is 4.90 Å². The van der Waals surface area contributed by atoms with Crippen LogP contribution < -0.4 is 0 Å². The van der Waals surface area contributed by atoms with Crippen molar-refractivity contribution in [3.05, 3.63) is 35.4 Å². The smallest absolute Gasteiger partial charge is 0.253 e. The van der Waals surface area contributed by atoms with Crippen molar-refractivity contribution in [2.24, 2.45) is 5.41 Å². The molecule has 1 aromatic rings. The van der Waals surface area contributed by atoms with Gasteiger partial charge in [0.2, 0.25) is 0 Å². The molecule has 0 N–H and O–H groups in total. The maximum Gasteiger partial charge on any atom is 0.253 e. The van der Waals surface area contributed by atoms with Crippen LogP contribution in [0.4, 0.5) is 0 Å². The third-order valence-corrected chi connectivity index (χ3v) is 3.92. The minimum atomic E-state index is 0.0749. The second-order valence-electron chi connectivity index (χ2n) is 5.17. The Morgan fingerprint density at radius 3 is 2.82 bits per heavy atom. The van der Waals surface area contributed by atoms with Gasteiger partial charge in [0.05, 0.1) is 11.6 Å². The molecule has 2 fully saturated rings. The summed E-state index contributed by atoms with van der Waals surface area (Å²) in [5.41, 5.74) is 1.65. The molecule has 86 valence electrons. The van der Waals surface area contributed by atoms with Crippen LogP contribution in [0.25, 0.3) is 0 Å². The molecule has 0 radical (unpaired) electrons. The third kappa shape index (κ3) is 1.80. The van der Waals surface area contributed by atoms with Crippen molar-refractivity contribution >= 4 is 5.91 Å². The average Bonchev–Trinajstić information content (AvgIpc) is 2.99. The van der Waals surface area contributed by atoms with Gasteiger partial charge in [0.15, 0.2) is 0 Å². The second kappa shape index (κ2) is 3.59. The highest BCUT2D eigenvalue weighted by molar-refractivity contribution is 5.94. The van der Waals surface area contributed by atoms with E-state index in [-0.39, 0.29) is 5.91 Å². The van der Waals surface area contributed by atoms with Crippen LogP contribution in [0.3, 0.4) is 0 Å². The molecule has 1 saturated carbocycles. The molecule has 3 rings (SSSR count). The van der Waals surface area contributed by atoms with E-state index < -0.39 is 0 Å². The van der Waals surface area contributed by atoms with Crippen LogP contribution in [0.2, 0.25) is 0 Å². The standard InChI is InChI=1S/C14H14N2O/c15-9-11-2-1-3-12(8-11)13(17)16-7-6-14(10-16)4-5-14/h1-3,8H,4-7,10H2. The summed E-state index contributed by atoms with van der Waals surface area (Å²) in [6.45, 7) is 1.78. The fraction of sp³-hybridized carbons (Fsp3) is 0.429. The SMILES string of the molecule is N#Cc1cccc(C(=O)N2CCC3(CC3)C2)c1. The summed E-state index contributed by atoms with van der Waals surface area (Å²) in [5.74, 6) is 0.0749. The van der Waals surface area contributed by atoms with Crippen LogP contribution in [0.15, 0.2) is 24.3 Å². The normalized spacial score (nSPS) is 20.3. The second-order valence-corrected chi connectivity index (χ2v) is 5.17. The topological polar surface area (TPSA) is 44.1 Å². The molecular formula is C14H14N2O. The van der Waals surface area contributed by atoms with Crippen molar-refractivity contribution in [2.75, 3.05) is 13.1 Å². The van der Waals surface area contributed by atoms with Crippen LogP contribution >= 0.6 is 0 Å². The lowest BCUT2D eigenvalue weighted by Gasteiger charge is -2.16. The lowest BCUT2D eigenvalue weighted by atomic mass is 10.1. The molecule has 1 amide bonds. The number of hydrogen-bond donors (Lipinski definition) is 0. The zero-order valence-electron chi connectivity index (χ0n) is 9.65. The maximum atomic E-state index is 12.2. The van der Waals surface area contributed by atoms with E-state index in [4.69, 9.17) is 5.26 Å². The molecule has 3 nitrogen and oxygen atoms in total. The quantitative estimate of drug-likeness (QED) is 0.736. The number of likely N-dealkylation sites (tertiary alicyclic amines) is 1. The predicted molar refractivity (Wildman–Crippen MR) is 63.3 cm³/mol. The van der Waals surface area contributed by atoms with Gasteiger partial charge in [-0.2, -0.15) is 5.26 Å². The summed E-state index contributed by atoms with van der Waals surface area (Å²) in [4.78, 5) is 14.2. The van der Waals surface area contributed by atoms with Gasteiger partial charge < -0.3 is 4.90 Å². The van der Waals surface area contributed by atoms with Crippen molar-refractivity contribution < 1.29 is 4.79 Å². The van der Waals surface area contributed by atoms with Gasteiger partial charge in [0.25, 0.3) is 5.91 Å². The number of benzene rings is 1. The van der Waals surface area contributed by atoms with E-state index in [1.54, 1.807) is 24.3 Å². The summed E-state index contributed by atoms with van der Waals surface area (Å²) < 4.78 is 0. The molecule has 1 spiro atoms. The van der Waals surface area contributed by atoms with Gasteiger partial charge in [0.1, 0.15) is 0 Å². The first-order chi connectivity index (χ1) is 8.22. The highest BCUT2D eigenvalue weighted by Gasteiger charge is 2.48. The molecule has 1 aliphatic carbocycles. The average molecular weight is 226 g/mol. The molecule has 0 aromatic heterocycles. The minimum Gasteiger partial charge on any atom is -0.338 e. The van der Waals surface area contributed by atoms with Gasteiger partial charge >= 0.3 is 0 Å². The van der Waals surface area contributed by atoms with Gasteiger partial charge in [-0.05, 0) is 42.9 Å². The molecule has 1 aliphatic heterocycles. The Morgan fingerprint density at radius 1 is 1.35 bits per heavy atom. The van der Waals surface area contributed by atoms with Crippen molar-refractivity contribution in [2.45, 2.75) is 19.3 Å². The summed E-state index contributed by atoms with van der Waals surface area (Å²) in [7, 11) is 0. The highest BCUT2D eigenvalue weighted by Crippen LogP contribution is 2.52. The lowest BCUT2D eigenvalue weighted by Crippen LogP contribution is -2.28. The summed E-state index contributed by atoms with van der Waals surface area (Å²) >= 11 is 0. The Balaban J connectivity index is 1.79. The number of carbonyl (C=O) groups excluding carboxylic acids is 1. The van der Waals surface area contributed by atoms with E-state index >= 15 is 0 Å². The molecule has 17 heavy (non-hydrogen) atoms. The number of amides is 1. The fourth-order valence-corrected chi connectivity index (χ4v) is 2.60. The molecule has 1 saturated heterocycles. The van der Waals surface area contributed by atoms with Crippen LogP contribution in [0.5, 0.6) is 0 Å². The maximum absolute atomic E-state index is 12.2. The number of carbonyl (C=O) groups is 1. The zero-order chi connectivity index (χ0) is 11.9. The Bertz CT molecular complexity index is 511. The molecule has 0 unspecified atom stereocenters. The van der Waals surface area contributed by atoms with Crippen LogP contribution in [-0.2, 0) is 0 Å². The summed E-state index contributed by atoms with van der Waals surface area (Å²) in [6, 6.07) is 9.04. The largest absolute Gasteiger partial charge is 0.338 e. The lowest BCUT2D eigenvalue weighted by molar-refractivity contribution is 0.0785. The summed E-state index contributed by atoms with van der Waals surface area (Å²) in [6.07, 6.45) is 3.70. The molecule has 2 aliphatic rings. The monoisotopic (exact) mass is 226 g/mol. The van der Waals surface area contributed by atoms with Gasteiger partial charge in [-0.25, -0.2) is 0 Å². The predicted octanol–water partition coefficient (Wildman–Crippen LogP) is 2.18. The van der Waals surface area contributed by atoms with Gasteiger partial charge in [-0.1, -0.05) is 6.07 Å². The molecule has 0 bridgehead atoms. The van der Waals surface area contributed by atoms with Crippen molar-refractivity contribution in [3.63, 3.8) is 0 Å². The number of nitrogens with zero attached hydrogens (tertiary/aromatic N) is 2. The third-order valence-electron chi connectivity index (χ3n) is 3.92. The summed E-state index contributed by atoms with van der Waals surface area (Å²) in [5, 5.41) is 8.83. The molecular weight excluding hydrogens is 212 g/mol. The van der Waals surface area contributed by atoms with Crippen LogP contribution in [0, 0.1) is 16.7 Å². The molecule has 1 heterocycles. The van der Waals surface area contributed by atoms with E-state index in [9.17, 15) is 4.79 Å². The first kappa shape index (κ1) is 10.3. The van der Waals surface area contributed by atoms with Gasteiger partial charge in [0, 0.05) is 18.7 Å². The van der Waals surface area contributed by atoms with E-state index in [1.807, 2.05) is 4.90 Å². The molecule has 3 heteroatoms. The van der Waals surface area contributed by atoms with Gasteiger partial charge in [-0.15, -0.1) is 0 Å². The molecule has 0 atom stereocenters. The van der Waals surface area contributed by atoms with Crippen molar-refractivity contribution in [1.29, 1.82) is 5.26 Å². The van der Waals surface area contributed by atoms with E-state index in [0.29, 0.717) is 16.5 Å². The van der Waals surface area contributed by atoms with E-state index in [2.05, 4.69) is 6.07 Å². The highest BCUT2D eigenvalue weighted by atomic mass is 16.2. The van der Waals surface area contributed by atoms with Crippen LogP contribution in [0.1, 0.15) is 35.2 Å². The zero-order valence-corrected chi connectivity index (χ0v) is 9.65.